The number of hydrogen-bond donors (Lipinski definition) is 2. The Morgan fingerprint density at radius 1 is 1.76 bits per heavy atom. The Balaban J connectivity index is 2.07. The standard InChI is InChI=1S/C10H12BrClN2O2S/c11-7-3-6(17-9(7)12)5-14-2-1-13-4-8(14)10(15)16/h3,8,13H,1-2,4-5H2,(H,15,16). The Hall–Kier alpha value is -0.140. The van der Waals surface area contributed by atoms with Crippen LogP contribution in [-0.2, 0) is 11.3 Å². The highest BCUT2D eigenvalue weighted by Gasteiger charge is 2.28. The van der Waals surface area contributed by atoms with Crippen LogP contribution in [0, 0.1) is 0 Å². The van der Waals surface area contributed by atoms with Crippen molar-refractivity contribution >= 4 is 44.8 Å². The molecule has 0 aliphatic carbocycles. The van der Waals surface area contributed by atoms with Crippen LogP contribution in [0.15, 0.2) is 10.5 Å². The average Bonchev–Trinajstić information content (AvgIpc) is 2.58. The van der Waals surface area contributed by atoms with Crippen LogP contribution in [0.25, 0.3) is 0 Å². The first-order valence-corrected chi connectivity index (χ1v) is 7.18. The molecule has 0 radical (unpaired) electrons. The molecule has 17 heavy (non-hydrogen) atoms. The number of hydrogen-bond acceptors (Lipinski definition) is 4. The lowest BCUT2D eigenvalue weighted by Crippen LogP contribution is -2.54. The number of nitrogens with one attached hydrogen (secondary N) is 1. The SMILES string of the molecule is O=C(O)C1CNCCN1Cc1cc(Br)c(Cl)s1. The summed E-state index contributed by atoms with van der Waals surface area (Å²) in [6.45, 7) is 2.69. The van der Waals surface area contributed by atoms with Crippen LogP contribution in [0.1, 0.15) is 4.88 Å². The second-order valence-corrected chi connectivity index (χ2v) is 6.46. The van der Waals surface area contributed by atoms with Crippen molar-refractivity contribution in [3.8, 4) is 0 Å². The fraction of sp³-hybridized carbons (Fsp3) is 0.500. The van der Waals surface area contributed by atoms with E-state index in [2.05, 4.69) is 21.2 Å². The number of carbonyl (C=O) groups is 1. The van der Waals surface area contributed by atoms with E-state index in [0.717, 1.165) is 22.4 Å². The number of carboxylic acids is 1. The maximum absolute atomic E-state index is 11.1. The molecule has 1 atom stereocenters. The molecular weight excluding hydrogens is 328 g/mol. The molecule has 1 unspecified atom stereocenters. The maximum Gasteiger partial charge on any atom is 0.322 e. The molecule has 1 aromatic rings. The lowest BCUT2D eigenvalue weighted by molar-refractivity contribution is -0.144. The van der Waals surface area contributed by atoms with Gasteiger partial charge in [0.25, 0.3) is 0 Å². The van der Waals surface area contributed by atoms with Gasteiger partial charge in [0.1, 0.15) is 10.4 Å². The van der Waals surface area contributed by atoms with E-state index in [0.29, 0.717) is 17.4 Å². The number of thiophene rings is 1. The molecule has 4 nitrogen and oxygen atoms in total. The minimum atomic E-state index is -0.779. The van der Waals surface area contributed by atoms with Crippen LogP contribution in [0.3, 0.4) is 0 Å². The zero-order valence-corrected chi connectivity index (χ0v) is 12.1. The van der Waals surface area contributed by atoms with Crippen molar-refractivity contribution in [3.63, 3.8) is 0 Å². The van der Waals surface area contributed by atoms with Gasteiger partial charge in [-0.15, -0.1) is 11.3 Å². The van der Waals surface area contributed by atoms with Gasteiger partial charge >= 0.3 is 5.97 Å². The van der Waals surface area contributed by atoms with Gasteiger partial charge in [-0.25, -0.2) is 0 Å². The van der Waals surface area contributed by atoms with E-state index in [4.69, 9.17) is 16.7 Å². The largest absolute Gasteiger partial charge is 0.480 e. The summed E-state index contributed by atoms with van der Waals surface area (Å²) in [4.78, 5) is 14.2. The van der Waals surface area contributed by atoms with Crippen LogP contribution < -0.4 is 5.32 Å². The van der Waals surface area contributed by atoms with E-state index in [-0.39, 0.29) is 0 Å². The maximum atomic E-state index is 11.1. The number of piperazine rings is 1. The topological polar surface area (TPSA) is 52.6 Å². The minimum Gasteiger partial charge on any atom is -0.480 e. The van der Waals surface area contributed by atoms with Gasteiger partial charge in [0, 0.05) is 35.5 Å². The first-order chi connectivity index (χ1) is 8.08. The van der Waals surface area contributed by atoms with Crippen molar-refractivity contribution < 1.29 is 9.90 Å². The highest BCUT2D eigenvalue weighted by Crippen LogP contribution is 2.32. The van der Waals surface area contributed by atoms with Crippen molar-refractivity contribution in [2.45, 2.75) is 12.6 Å². The van der Waals surface area contributed by atoms with E-state index < -0.39 is 12.0 Å². The van der Waals surface area contributed by atoms with E-state index >= 15 is 0 Å². The van der Waals surface area contributed by atoms with Gasteiger partial charge in [-0.1, -0.05) is 11.6 Å². The van der Waals surface area contributed by atoms with Crippen molar-refractivity contribution in [1.29, 1.82) is 0 Å². The Labute approximate surface area is 117 Å². The molecule has 0 spiro atoms. The molecule has 1 fully saturated rings. The van der Waals surface area contributed by atoms with Gasteiger partial charge in [0.2, 0.25) is 0 Å². The first-order valence-electron chi connectivity index (χ1n) is 5.19. The third-order valence-corrected chi connectivity index (χ3v) is 5.15. The third kappa shape index (κ3) is 3.20. The molecule has 0 amide bonds. The van der Waals surface area contributed by atoms with Crippen LogP contribution in [0.2, 0.25) is 4.34 Å². The van der Waals surface area contributed by atoms with E-state index in [9.17, 15) is 4.79 Å². The van der Waals surface area contributed by atoms with E-state index in [1.54, 1.807) is 0 Å². The third-order valence-electron chi connectivity index (χ3n) is 2.69. The van der Waals surface area contributed by atoms with Gasteiger partial charge in [-0.05, 0) is 22.0 Å². The van der Waals surface area contributed by atoms with Crippen LogP contribution >= 0.6 is 38.9 Å². The van der Waals surface area contributed by atoms with Gasteiger partial charge in [-0.3, -0.25) is 9.69 Å². The van der Waals surface area contributed by atoms with Gasteiger partial charge < -0.3 is 10.4 Å². The second kappa shape index (κ2) is 5.67. The van der Waals surface area contributed by atoms with Crippen molar-refractivity contribution in [2.75, 3.05) is 19.6 Å². The molecule has 1 aromatic heterocycles. The lowest BCUT2D eigenvalue weighted by Gasteiger charge is -2.32. The summed E-state index contributed by atoms with van der Waals surface area (Å²) in [6, 6.07) is 1.50. The number of rotatable bonds is 3. The molecular formula is C10H12BrClN2O2S. The molecule has 94 valence electrons. The molecule has 0 bridgehead atoms. The van der Waals surface area contributed by atoms with E-state index in [1.165, 1.54) is 11.3 Å². The quantitative estimate of drug-likeness (QED) is 0.885. The minimum absolute atomic E-state index is 0.455. The molecule has 2 N–H and O–H groups in total. The molecule has 2 rings (SSSR count). The van der Waals surface area contributed by atoms with Gasteiger partial charge in [-0.2, -0.15) is 0 Å². The molecule has 2 heterocycles. The molecule has 1 aliphatic rings. The Morgan fingerprint density at radius 2 is 2.53 bits per heavy atom. The van der Waals surface area contributed by atoms with Gasteiger partial charge in [0.05, 0.1) is 0 Å². The average molecular weight is 340 g/mol. The van der Waals surface area contributed by atoms with E-state index in [1.807, 2.05) is 11.0 Å². The van der Waals surface area contributed by atoms with Crippen LogP contribution in [0.5, 0.6) is 0 Å². The number of aliphatic carboxylic acids is 1. The molecule has 1 aliphatic heterocycles. The van der Waals surface area contributed by atoms with Gasteiger partial charge in [0.15, 0.2) is 0 Å². The summed E-state index contributed by atoms with van der Waals surface area (Å²) in [7, 11) is 0. The smallest absolute Gasteiger partial charge is 0.322 e. The first kappa shape index (κ1) is 13.3. The Bertz CT molecular complexity index is 407. The van der Waals surface area contributed by atoms with Crippen molar-refractivity contribution in [2.24, 2.45) is 0 Å². The highest BCUT2D eigenvalue weighted by molar-refractivity contribution is 9.10. The zero-order chi connectivity index (χ0) is 12.4. The number of halogens is 2. The van der Waals surface area contributed by atoms with Crippen molar-refractivity contribution in [3.05, 3.63) is 19.8 Å². The summed E-state index contributed by atoms with van der Waals surface area (Å²) in [6.07, 6.45) is 0. The number of nitrogens with zero attached hydrogens (tertiary/aromatic N) is 1. The van der Waals surface area contributed by atoms with Crippen LogP contribution in [-0.4, -0.2) is 41.7 Å². The Kier molecular flexibility index (Phi) is 4.43. The second-order valence-electron chi connectivity index (χ2n) is 3.86. The van der Waals surface area contributed by atoms with Crippen molar-refractivity contribution in [1.82, 2.24) is 10.2 Å². The summed E-state index contributed by atoms with van der Waals surface area (Å²) in [5.41, 5.74) is 0. The number of carboxylic acid groups (broad SMARTS) is 1. The molecule has 1 saturated heterocycles. The highest BCUT2D eigenvalue weighted by atomic mass is 79.9. The Morgan fingerprint density at radius 3 is 3.12 bits per heavy atom. The normalized spacial score (nSPS) is 21.6. The predicted molar refractivity (Wildman–Crippen MR) is 71.7 cm³/mol. The fourth-order valence-electron chi connectivity index (χ4n) is 1.85. The summed E-state index contributed by atoms with van der Waals surface area (Å²) in [5, 5.41) is 12.2. The summed E-state index contributed by atoms with van der Waals surface area (Å²) >= 11 is 10.8. The lowest BCUT2D eigenvalue weighted by atomic mass is 10.2. The molecule has 0 saturated carbocycles. The fourth-order valence-corrected chi connectivity index (χ4v) is 3.66. The molecule has 0 aromatic carbocycles. The monoisotopic (exact) mass is 338 g/mol. The zero-order valence-electron chi connectivity index (χ0n) is 8.95. The predicted octanol–water partition coefficient (Wildman–Crippen LogP) is 2.02. The van der Waals surface area contributed by atoms with Crippen LogP contribution in [0.4, 0.5) is 0 Å². The molecule has 7 heteroatoms. The summed E-state index contributed by atoms with van der Waals surface area (Å²) in [5.74, 6) is -0.779. The summed E-state index contributed by atoms with van der Waals surface area (Å²) < 4.78 is 1.59.